The van der Waals surface area contributed by atoms with E-state index < -0.39 is 0 Å². The van der Waals surface area contributed by atoms with Gasteiger partial charge in [0.15, 0.2) is 0 Å². The van der Waals surface area contributed by atoms with Crippen LogP contribution in [0, 0.1) is 13.8 Å². The Kier molecular flexibility index (Phi) is 4.58. The summed E-state index contributed by atoms with van der Waals surface area (Å²) >= 11 is 0. The Hall–Kier alpha value is -1.95. The first kappa shape index (κ1) is 16.9. The van der Waals surface area contributed by atoms with Gasteiger partial charge in [-0.1, -0.05) is 0 Å². The summed E-state index contributed by atoms with van der Waals surface area (Å²) in [6, 6.07) is 2.81. The molecule has 0 aromatic carbocycles. The molecule has 2 N–H and O–H groups in total. The smallest absolute Gasteiger partial charge is 0.132 e. The van der Waals surface area contributed by atoms with Crippen LogP contribution in [-0.4, -0.2) is 32.8 Å². The predicted molar refractivity (Wildman–Crippen MR) is 96.2 cm³/mol. The number of hydrogen-bond acceptors (Lipinski definition) is 5. The first-order chi connectivity index (χ1) is 11.4. The van der Waals surface area contributed by atoms with Gasteiger partial charge in [-0.05, 0) is 40.5 Å². The summed E-state index contributed by atoms with van der Waals surface area (Å²) in [4.78, 5) is 11.1. The lowest BCUT2D eigenvalue weighted by molar-refractivity contribution is 0.345. The highest BCUT2D eigenvalue weighted by Gasteiger charge is 2.28. The van der Waals surface area contributed by atoms with Gasteiger partial charge in [-0.3, -0.25) is 4.68 Å². The normalized spacial score (nSPS) is 20.3. The standard InChI is InChI=1S/C18H28N6/c1-11(2)24-13(4)16(12(3)22-24)9-23(5)18-8-17(20-10-21-18)14-6-15(19)7-14/h8,10-11,14-15H,6-7,9,19H2,1-5H3. The molecule has 0 radical (unpaired) electrons. The van der Waals surface area contributed by atoms with Crippen LogP contribution < -0.4 is 10.6 Å². The summed E-state index contributed by atoms with van der Waals surface area (Å²) in [6.45, 7) is 9.34. The molecule has 0 spiro atoms. The number of rotatable bonds is 5. The van der Waals surface area contributed by atoms with E-state index in [1.165, 1.54) is 11.3 Å². The van der Waals surface area contributed by atoms with Crippen molar-refractivity contribution in [1.82, 2.24) is 19.7 Å². The van der Waals surface area contributed by atoms with Crippen LogP contribution in [0.25, 0.3) is 0 Å². The molecule has 1 aliphatic rings. The largest absolute Gasteiger partial charge is 0.355 e. The van der Waals surface area contributed by atoms with E-state index in [4.69, 9.17) is 5.73 Å². The van der Waals surface area contributed by atoms with E-state index in [1.807, 2.05) is 0 Å². The van der Waals surface area contributed by atoms with Crippen molar-refractivity contribution in [2.75, 3.05) is 11.9 Å². The van der Waals surface area contributed by atoms with Gasteiger partial charge >= 0.3 is 0 Å². The van der Waals surface area contributed by atoms with Gasteiger partial charge in [0, 0.05) is 54.6 Å². The van der Waals surface area contributed by atoms with E-state index in [-0.39, 0.29) is 0 Å². The van der Waals surface area contributed by atoms with Crippen LogP contribution in [0.2, 0.25) is 0 Å². The third-order valence-corrected chi connectivity index (χ3v) is 5.02. The monoisotopic (exact) mass is 328 g/mol. The maximum atomic E-state index is 5.90. The van der Waals surface area contributed by atoms with E-state index in [2.05, 4.69) is 65.5 Å². The summed E-state index contributed by atoms with van der Waals surface area (Å²) in [5, 5.41) is 4.68. The molecule has 6 nitrogen and oxygen atoms in total. The molecule has 0 atom stereocenters. The number of hydrogen-bond donors (Lipinski definition) is 1. The predicted octanol–water partition coefficient (Wildman–Crippen LogP) is 2.71. The fourth-order valence-electron chi connectivity index (χ4n) is 3.44. The van der Waals surface area contributed by atoms with Crippen LogP contribution in [0.3, 0.4) is 0 Å². The van der Waals surface area contributed by atoms with Gasteiger partial charge in [-0.2, -0.15) is 5.10 Å². The first-order valence-electron chi connectivity index (χ1n) is 8.70. The van der Waals surface area contributed by atoms with Crippen LogP contribution in [0.1, 0.15) is 61.3 Å². The van der Waals surface area contributed by atoms with Gasteiger partial charge in [-0.25, -0.2) is 9.97 Å². The van der Waals surface area contributed by atoms with E-state index in [0.29, 0.717) is 18.0 Å². The van der Waals surface area contributed by atoms with E-state index >= 15 is 0 Å². The fraction of sp³-hybridized carbons (Fsp3) is 0.611. The molecule has 6 heteroatoms. The summed E-state index contributed by atoms with van der Waals surface area (Å²) in [5.74, 6) is 1.44. The summed E-state index contributed by atoms with van der Waals surface area (Å²) < 4.78 is 2.10. The average Bonchev–Trinajstić information content (AvgIpc) is 2.80. The van der Waals surface area contributed by atoms with Gasteiger partial charge in [0.05, 0.1) is 5.69 Å². The molecule has 1 saturated carbocycles. The van der Waals surface area contributed by atoms with Crippen LogP contribution in [0.4, 0.5) is 5.82 Å². The zero-order chi connectivity index (χ0) is 17.4. The highest BCUT2D eigenvalue weighted by molar-refractivity contribution is 5.41. The Balaban J connectivity index is 1.78. The number of aryl methyl sites for hydroxylation is 1. The third kappa shape index (κ3) is 3.15. The van der Waals surface area contributed by atoms with Crippen LogP contribution in [-0.2, 0) is 6.54 Å². The van der Waals surface area contributed by atoms with Gasteiger partial charge in [-0.15, -0.1) is 0 Å². The quantitative estimate of drug-likeness (QED) is 0.913. The molecular weight excluding hydrogens is 300 g/mol. The van der Waals surface area contributed by atoms with Crippen molar-refractivity contribution in [3.8, 4) is 0 Å². The van der Waals surface area contributed by atoms with Gasteiger partial charge < -0.3 is 10.6 Å². The Morgan fingerprint density at radius 1 is 1.29 bits per heavy atom. The van der Waals surface area contributed by atoms with Crippen molar-refractivity contribution in [1.29, 1.82) is 0 Å². The minimum atomic E-state index is 0.332. The molecule has 0 aliphatic heterocycles. The Bertz CT molecular complexity index is 714. The summed E-state index contributed by atoms with van der Waals surface area (Å²) in [6.07, 6.45) is 3.72. The molecule has 2 heterocycles. The molecule has 24 heavy (non-hydrogen) atoms. The van der Waals surface area contributed by atoms with Crippen molar-refractivity contribution in [3.63, 3.8) is 0 Å². The average molecular weight is 328 g/mol. The molecule has 0 saturated heterocycles. The molecule has 2 aromatic heterocycles. The lowest BCUT2D eigenvalue weighted by atomic mass is 9.78. The highest BCUT2D eigenvalue weighted by atomic mass is 15.3. The topological polar surface area (TPSA) is 72.9 Å². The second-order valence-electron chi connectivity index (χ2n) is 7.27. The van der Waals surface area contributed by atoms with Crippen molar-refractivity contribution < 1.29 is 0 Å². The van der Waals surface area contributed by atoms with Crippen molar-refractivity contribution in [2.45, 2.75) is 65.1 Å². The molecule has 0 unspecified atom stereocenters. The van der Waals surface area contributed by atoms with Gasteiger partial charge in [0.2, 0.25) is 0 Å². The molecule has 2 aromatic rings. The van der Waals surface area contributed by atoms with Crippen molar-refractivity contribution in [3.05, 3.63) is 35.0 Å². The van der Waals surface area contributed by atoms with Crippen molar-refractivity contribution >= 4 is 5.82 Å². The second-order valence-corrected chi connectivity index (χ2v) is 7.27. The van der Waals surface area contributed by atoms with Crippen LogP contribution >= 0.6 is 0 Å². The van der Waals surface area contributed by atoms with E-state index in [1.54, 1.807) is 6.33 Å². The summed E-state index contributed by atoms with van der Waals surface area (Å²) in [7, 11) is 2.07. The van der Waals surface area contributed by atoms with Gasteiger partial charge in [0.1, 0.15) is 12.1 Å². The number of aromatic nitrogens is 4. The lowest BCUT2D eigenvalue weighted by Gasteiger charge is -2.32. The first-order valence-corrected chi connectivity index (χ1v) is 8.70. The Morgan fingerprint density at radius 2 is 2.00 bits per heavy atom. The number of nitrogens with two attached hydrogens (primary N) is 1. The van der Waals surface area contributed by atoms with Gasteiger partial charge in [0.25, 0.3) is 0 Å². The molecular formula is C18H28N6. The minimum Gasteiger partial charge on any atom is -0.355 e. The van der Waals surface area contributed by atoms with Crippen molar-refractivity contribution in [2.24, 2.45) is 5.73 Å². The number of nitrogens with zero attached hydrogens (tertiary/aromatic N) is 5. The Labute approximate surface area is 144 Å². The highest BCUT2D eigenvalue weighted by Crippen LogP contribution is 2.35. The molecule has 0 amide bonds. The minimum absolute atomic E-state index is 0.332. The number of anilines is 1. The van der Waals surface area contributed by atoms with E-state index in [9.17, 15) is 0 Å². The molecule has 0 bridgehead atoms. The molecule has 1 fully saturated rings. The molecule has 1 aliphatic carbocycles. The molecule has 3 rings (SSSR count). The third-order valence-electron chi connectivity index (χ3n) is 5.02. The fourth-order valence-corrected chi connectivity index (χ4v) is 3.44. The Morgan fingerprint density at radius 3 is 2.58 bits per heavy atom. The lowest BCUT2D eigenvalue weighted by Crippen LogP contribution is -2.35. The maximum Gasteiger partial charge on any atom is 0.132 e. The molecule has 130 valence electrons. The van der Waals surface area contributed by atoms with Crippen LogP contribution in [0.15, 0.2) is 12.4 Å². The maximum absolute atomic E-state index is 5.90. The summed E-state index contributed by atoms with van der Waals surface area (Å²) in [5.41, 5.74) is 10.6. The zero-order valence-corrected chi connectivity index (χ0v) is 15.3. The van der Waals surface area contributed by atoms with Crippen LogP contribution in [0.5, 0.6) is 0 Å². The second kappa shape index (κ2) is 6.51. The SMILES string of the molecule is Cc1nn(C(C)C)c(C)c1CN(C)c1cc(C2CC(N)C2)ncn1. The van der Waals surface area contributed by atoms with E-state index in [0.717, 1.165) is 36.6 Å². The zero-order valence-electron chi connectivity index (χ0n) is 15.3.